The largest absolute Gasteiger partial charge is 0.468 e. The first-order valence-electron chi connectivity index (χ1n) is 5.56. The zero-order valence-electron chi connectivity index (χ0n) is 10.2. The minimum Gasteiger partial charge on any atom is -0.468 e. The van der Waals surface area contributed by atoms with E-state index in [1.54, 1.807) is 18.2 Å². The number of nitrogens with zero attached hydrogens (tertiary/aromatic N) is 1. The van der Waals surface area contributed by atoms with Crippen molar-refractivity contribution < 1.29 is 9.53 Å². The molecular weight excluding hydrogens is 270 g/mol. The second kappa shape index (κ2) is 5.81. The van der Waals surface area contributed by atoms with Crippen LogP contribution < -0.4 is 10.9 Å². The predicted molar refractivity (Wildman–Crippen MR) is 71.1 cm³/mol. The molecule has 1 aromatic carbocycles. The summed E-state index contributed by atoms with van der Waals surface area (Å²) in [6.45, 7) is 0.306. The molecule has 2 aromatic rings. The molecule has 0 aliphatic rings. The Balaban J connectivity index is 2.20. The van der Waals surface area contributed by atoms with Crippen LogP contribution in [0.4, 0.5) is 0 Å². The summed E-state index contributed by atoms with van der Waals surface area (Å²) in [4.78, 5) is 29.6. The van der Waals surface area contributed by atoms with Crippen molar-refractivity contribution in [3.05, 3.63) is 39.4 Å². The standard InChI is InChI=1S/C12H12ClN3O3/c1-19-11(17)6-14-5-10-15-9-4-7(13)2-3-8(9)12(18)16-10/h2-4,14H,5-6H2,1H3,(H,15,16,18). The molecule has 0 radical (unpaired) electrons. The summed E-state index contributed by atoms with van der Waals surface area (Å²) in [6, 6.07) is 4.88. The molecule has 100 valence electrons. The van der Waals surface area contributed by atoms with Crippen LogP contribution in [0.15, 0.2) is 23.0 Å². The molecule has 7 heteroatoms. The van der Waals surface area contributed by atoms with Crippen molar-refractivity contribution in [3.63, 3.8) is 0 Å². The van der Waals surface area contributed by atoms with Crippen LogP contribution in [0.5, 0.6) is 0 Å². The molecule has 2 rings (SSSR count). The number of fused-ring (bicyclic) bond motifs is 1. The molecule has 0 fully saturated rings. The minimum absolute atomic E-state index is 0.0494. The van der Waals surface area contributed by atoms with Crippen molar-refractivity contribution >= 4 is 28.5 Å². The quantitative estimate of drug-likeness (QED) is 0.811. The van der Waals surface area contributed by atoms with Gasteiger partial charge in [0.25, 0.3) is 5.56 Å². The van der Waals surface area contributed by atoms with Crippen LogP contribution in [-0.2, 0) is 16.1 Å². The van der Waals surface area contributed by atoms with Crippen LogP contribution in [0.2, 0.25) is 5.02 Å². The number of benzene rings is 1. The number of carbonyl (C=O) groups excluding carboxylic acids is 1. The van der Waals surface area contributed by atoms with Gasteiger partial charge in [-0.25, -0.2) is 4.98 Å². The molecule has 0 atom stereocenters. The van der Waals surface area contributed by atoms with Crippen LogP contribution in [-0.4, -0.2) is 29.6 Å². The second-order valence-corrected chi connectivity index (χ2v) is 4.29. The van der Waals surface area contributed by atoms with Gasteiger partial charge in [0.05, 0.1) is 31.1 Å². The average Bonchev–Trinajstić information content (AvgIpc) is 2.38. The average molecular weight is 282 g/mol. The Hall–Kier alpha value is -1.92. The fourth-order valence-electron chi connectivity index (χ4n) is 1.60. The highest BCUT2D eigenvalue weighted by Gasteiger charge is 2.05. The Labute approximate surface area is 113 Å². The summed E-state index contributed by atoms with van der Waals surface area (Å²) < 4.78 is 4.49. The van der Waals surface area contributed by atoms with E-state index in [-0.39, 0.29) is 24.6 Å². The summed E-state index contributed by atoms with van der Waals surface area (Å²) >= 11 is 5.86. The van der Waals surface area contributed by atoms with E-state index in [9.17, 15) is 9.59 Å². The first kappa shape index (κ1) is 13.5. The topological polar surface area (TPSA) is 84.1 Å². The maximum atomic E-state index is 11.8. The first-order valence-corrected chi connectivity index (χ1v) is 5.94. The van der Waals surface area contributed by atoms with Gasteiger partial charge in [-0.2, -0.15) is 0 Å². The third-order valence-corrected chi connectivity index (χ3v) is 2.74. The van der Waals surface area contributed by atoms with Crippen molar-refractivity contribution in [2.24, 2.45) is 0 Å². The number of aromatic amines is 1. The van der Waals surface area contributed by atoms with Gasteiger partial charge in [-0.15, -0.1) is 0 Å². The molecule has 19 heavy (non-hydrogen) atoms. The highest BCUT2D eigenvalue weighted by atomic mass is 35.5. The maximum absolute atomic E-state index is 11.8. The lowest BCUT2D eigenvalue weighted by Gasteiger charge is -2.04. The van der Waals surface area contributed by atoms with Gasteiger partial charge in [0, 0.05) is 5.02 Å². The van der Waals surface area contributed by atoms with Gasteiger partial charge < -0.3 is 9.72 Å². The second-order valence-electron chi connectivity index (χ2n) is 3.85. The number of halogens is 1. The smallest absolute Gasteiger partial charge is 0.319 e. The van der Waals surface area contributed by atoms with Crippen LogP contribution >= 0.6 is 11.6 Å². The zero-order chi connectivity index (χ0) is 13.8. The van der Waals surface area contributed by atoms with Crippen molar-refractivity contribution in [2.75, 3.05) is 13.7 Å². The molecule has 0 amide bonds. The summed E-state index contributed by atoms with van der Waals surface area (Å²) in [5.74, 6) is 0.0508. The predicted octanol–water partition coefficient (Wildman–Crippen LogP) is 0.839. The summed E-state index contributed by atoms with van der Waals surface area (Å²) in [5, 5.41) is 3.81. The van der Waals surface area contributed by atoms with Gasteiger partial charge >= 0.3 is 5.97 Å². The summed E-state index contributed by atoms with van der Waals surface area (Å²) in [5.41, 5.74) is 0.280. The number of ether oxygens (including phenoxy) is 1. The maximum Gasteiger partial charge on any atom is 0.319 e. The normalized spacial score (nSPS) is 10.6. The third kappa shape index (κ3) is 3.30. The lowest BCUT2D eigenvalue weighted by molar-refractivity contribution is -0.139. The van der Waals surface area contributed by atoms with E-state index in [4.69, 9.17) is 11.6 Å². The van der Waals surface area contributed by atoms with Gasteiger partial charge in [-0.05, 0) is 18.2 Å². The molecule has 0 spiro atoms. The Morgan fingerprint density at radius 1 is 1.53 bits per heavy atom. The van der Waals surface area contributed by atoms with Gasteiger partial charge in [-0.3, -0.25) is 14.9 Å². The lowest BCUT2D eigenvalue weighted by Crippen LogP contribution is -2.25. The molecule has 1 aromatic heterocycles. The van der Waals surface area contributed by atoms with E-state index in [2.05, 4.69) is 20.0 Å². The summed E-state index contributed by atoms with van der Waals surface area (Å²) in [6.07, 6.45) is 0. The Kier molecular flexibility index (Phi) is 4.13. The number of nitrogens with one attached hydrogen (secondary N) is 2. The molecule has 0 saturated heterocycles. The fourth-order valence-corrected chi connectivity index (χ4v) is 1.77. The molecule has 0 saturated carbocycles. The van der Waals surface area contributed by atoms with Crippen LogP contribution in [0.3, 0.4) is 0 Å². The molecule has 0 bridgehead atoms. The molecule has 0 aliphatic heterocycles. The molecule has 2 N–H and O–H groups in total. The number of hydrogen-bond acceptors (Lipinski definition) is 5. The number of rotatable bonds is 4. The van der Waals surface area contributed by atoms with Gasteiger partial charge in [0.15, 0.2) is 0 Å². The van der Waals surface area contributed by atoms with E-state index in [1.165, 1.54) is 7.11 Å². The minimum atomic E-state index is -0.383. The van der Waals surface area contributed by atoms with Crippen LogP contribution in [0.25, 0.3) is 10.9 Å². The number of carbonyl (C=O) groups is 1. The lowest BCUT2D eigenvalue weighted by atomic mass is 10.2. The number of esters is 1. The monoisotopic (exact) mass is 281 g/mol. The SMILES string of the molecule is COC(=O)CNCc1nc2cc(Cl)ccc2c(=O)[nH]1. The Morgan fingerprint density at radius 2 is 2.32 bits per heavy atom. The molecule has 0 unspecified atom stereocenters. The van der Waals surface area contributed by atoms with E-state index in [0.717, 1.165) is 0 Å². The van der Waals surface area contributed by atoms with E-state index >= 15 is 0 Å². The zero-order valence-corrected chi connectivity index (χ0v) is 11.0. The van der Waals surface area contributed by atoms with E-state index in [1.807, 2.05) is 0 Å². The van der Waals surface area contributed by atoms with Gasteiger partial charge in [0.1, 0.15) is 5.82 Å². The molecular formula is C12H12ClN3O3. The fraction of sp³-hybridized carbons (Fsp3) is 0.250. The number of hydrogen-bond donors (Lipinski definition) is 2. The number of H-pyrrole nitrogens is 1. The van der Waals surface area contributed by atoms with E-state index in [0.29, 0.717) is 21.7 Å². The van der Waals surface area contributed by atoms with Crippen molar-refractivity contribution in [2.45, 2.75) is 6.54 Å². The van der Waals surface area contributed by atoms with Crippen molar-refractivity contribution in [3.8, 4) is 0 Å². The molecule has 0 aliphatic carbocycles. The number of methoxy groups -OCH3 is 1. The number of aromatic nitrogens is 2. The van der Waals surface area contributed by atoms with Crippen LogP contribution in [0, 0.1) is 0 Å². The van der Waals surface area contributed by atoms with Crippen LogP contribution in [0.1, 0.15) is 5.82 Å². The highest BCUT2D eigenvalue weighted by Crippen LogP contribution is 2.14. The van der Waals surface area contributed by atoms with Crippen molar-refractivity contribution in [1.82, 2.24) is 15.3 Å². The first-order chi connectivity index (χ1) is 9.10. The Morgan fingerprint density at radius 3 is 3.05 bits per heavy atom. The highest BCUT2D eigenvalue weighted by molar-refractivity contribution is 6.31. The summed E-state index contributed by atoms with van der Waals surface area (Å²) in [7, 11) is 1.31. The van der Waals surface area contributed by atoms with Gasteiger partial charge in [-0.1, -0.05) is 11.6 Å². The molecule has 1 heterocycles. The Bertz CT molecular complexity index is 669. The molecule has 6 nitrogen and oxygen atoms in total. The van der Waals surface area contributed by atoms with Crippen molar-refractivity contribution in [1.29, 1.82) is 0 Å². The third-order valence-electron chi connectivity index (χ3n) is 2.51. The van der Waals surface area contributed by atoms with E-state index < -0.39 is 0 Å². The van der Waals surface area contributed by atoms with Gasteiger partial charge in [0.2, 0.25) is 0 Å².